The summed E-state index contributed by atoms with van der Waals surface area (Å²) in [5.41, 5.74) is 2.28. The number of para-hydroxylation sites is 1. The van der Waals surface area contributed by atoms with Crippen LogP contribution in [0.5, 0.6) is 5.75 Å². The van der Waals surface area contributed by atoms with Gasteiger partial charge in [0.15, 0.2) is 0 Å². The van der Waals surface area contributed by atoms with Gasteiger partial charge < -0.3 is 10.1 Å². The highest BCUT2D eigenvalue weighted by Crippen LogP contribution is 2.21. The van der Waals surface area contributed by atoms with E-state index >= 15 is 0 Å². The summed E-state index contributed by atoms with van der Waals surface area (Å²) < 4.78 is 18.9. The maximum atomic E-state index is 13.1. The van der Waals surface area contributed by atoms with E-state index in [1.165, 1.54) is 17.7 Å². The zero-order valence-electron chi connectivity index (χ0n) is 17.9. The number of nitrogens with one attached hydrogen (secondary N) is 1. The molecule has 2 aromatic carbocycles. The second kappa shape index (κ2) is 11.7. The van der Waals surface area contributed by atoms with Crippen LogP contribution in [0.4, 0.5) is 4.39 Å². The highest BCUT2D eigenvalue weighted by molar-refractivity contribution is 5.78. The zero-order chi connectivity index (χ0) is 21.2. The largest absolute Gasteiger partial charge is 0.493 e. The van der Waals surface area contributed by atoms with Crippen molar-refractivity contribution in [3.8, 4) is 5.75 Å². The van der Waals surface area contributed by atoms with Crippen molar-refractivity contribution in [1.29, 1.82) is 0 Å². The maximum Gasteiger partial charge on any atom is 0.224 e. The van der Waals surface area contributed by atoms with Gasteiger partial charge in [-0.3, -0.25) is 9.69 Å². The van der Waals surface area contributed by atoms with Crippen molar-refractivity contribution in [2.45, 2.75) is 45.6 Å². The molecule has 0 bridgehead atoms. The Morgan fingerprint density at radius 2 is 2.00 bits per heavy atom. The second-order valence-corrected chi connectivity index (χ2v) is 8.05. The van der Waals surface area contributed by atoms with Crippen LogP contribution >= 0.6 is 0 Å². The normalized spacial score (nSPS) is 16.9. The number of hydrogen-bond acceptors (Lipinski definition) is 3. The van der Waals surface area contributed by atoms with Crippen LogP contribution < -0.4 is 10.1 Å². The highest BCUT2D eigenvalue weighted by Gasteiger charge is 2.25. The molecule has 0 radical (unpaired) electrons. The van der Waals surface area contributed by atoms with Gasteiger partial charge in [-0.15, -0.1) is 0 Å². The number of carbonyl (C=O) groups is 1. The van der Waals surface area contributed by atoms with Gasteiger partial charge in [-0.05, 0) is 68.0 Å². The Kier molecular flexibility index (Phi) is 8.69. The fourth-order valence-corrected chi connectivity index (χ4v) is 3.96. The standard InChI is InChI=1S/C25H33FN2O2/c1-2-17-30-24-10-4-3-7-21(24)8-5-15-27-25(29)22-9-6-16-28(19-22)18-20-11-13-23(26)14-12-20/h3-4,7,10-14,22H,2,5-6,8-9,15-19H2,1H3,(H,27,29). The quantitative estimate of drug-likeness (QED) is 0.581. The number of hydrogen-bond donors (Lipinski definition) is 1. The summed E-state index contributed by atoms with van der Waals surface area (Å²) in [6, 6.07) is 14.8. The molecular weight excluding hydrogens is 379 g/mol. The SMILES string of the molecule is CCCOc1ccccc1CCCNC(=O)C1CCCN(Cc2ccc(F)cc2)C1. The lowest BCUT2D eigenvalue weighted by atomic mass is 9.96. The maximum absolute atomic E-state index is 13.1. The van der Waals surface area contributed by atoms with Crippen molar-refractivity contribution < 1.29 is 13.9 Å². The first kappa shape index (κ1) is 22.3. The summed E-state index contributed by atoms with van der Waals surface area (Å²) in [5.74, 6) is 0.914. The summed E-state index contributed by atoms with van der Waals surface area (Å²) in [4.78, 5) is 14.9. The lowest BCUT2D eigenvalue weighted by Gasteiger charge is -2.32. The summed E-state index contributed by atoms with van der Waals surface area (Å²) >= 11 is 0. The van der Waals surface area contributed by atoms with Crippen LogP contribution in [0.1, 0.15) is 43.7 Å². The van der Waals surface area contributed by atoms with Gasteiger partial charge in [0, 0.05) is 19.6 Å². The van der Waals surface area contributed by atoms with Crippen LogP contribution in [-0.2, 0) is 17.8 Å². The third-order valence-electron chi connectivity index (χ3n) is 5.55. The molecule has 1 saturated heterocycles. The molecule has 1 aliphatic rings. The first-order valence-electron chi connectivity index (χ1n) is 11.1. The van der Waals surface area contributed by atoms with E-state index in [9.17, 15) is 9.18 Å². The number of piperidine rings is 1. The molecule has 1 heterocycles. The van der Waals surface area contributed by atoms with E-state index in [2.05, 4.69) is 23.2 Å². The first-order valence-corrected chi connectivity index (χ1v) is 11.1. The number of aryl methyl sites for hydroxylation is 1. The monoisotopic (exact) mass is 412 g/mol. The predicted molar refractivity (Wildman–Crippen MR) is 118 cm³/mol. The van der Waals surface area contributed by atoms with Gasteiger partial charge in [0.05, 0.1) is 12.5 Å². The molecule has 30 heavy (non-hydrogen) atoms. The number of amides is 1. The molecule has 2 aromatic rings. The van der Waals surface area contributed by atoms with Gasteiger partial charge in [-0.25, -0.2) is 4.39 Å². The van der Waals surface area contributed by atoms with Crippen molar-refractivity contribution in [1.82, 2.24) is 10.2 Å². The number of ether oxygens (including phenoxy) is 1. The lowest BCUT2D eigenvalue weighted by molar-refractivity contribution is -0.126. The van der Waals surface area contributed by atoms with E-state index in [1.54, 1.807) is 0 Å². The number of carbonyl (C=O) groups excluding carboxylic acids is 1. The Morgan fingerprint density at radius 3 is 2.80 bits per heavy atom. The topological polar surface area (TPSA) is 41.6 Å². The van der Waals surface area contributed by atoms with Gasteiger partial charge in [0.1, 0.15) is 11.6 Å². The Bertz CT molecular complexity index is 794. The Morgan fingerprint density at radius 1 is 1.20 bits per heavy atom. The molecule has 162 valence electrons. The summed E-state index contributed by atoms with van der Waals surface area (Å²) in [7, 11) is 0. The number of benzene rings is 2. The van der Waals surface area contributed by atoms with Gasteiger partial charge in [-0.1, -0.05) is 37.3 Å². The molecule has 0 spiro atoms. The third-order valence-corrected chi connectivity index (χ3v) is 5.55. The van der Waals surface area contributed by atoms with Gasteiger partial charge in [0.2, 0.25) is 5.91 Å². The number of rotatable bonds is 10. The first-order chi connectivity index (χ1) is 14.7. The molecule has 4 nitrogen and oxygen atoms in total. The molecular formula is C25H33FN2O2. The minimum Gasteiger partial charge on any atom is -0.493 e. The van der Waals surface area contributed by atoms with Gasteiger partial charge in [0.25, 0.3) is 0 Å². The fraction of sp³-hybridized carbons (Fsp3) is 0.480. The molecule has 1 fully saturated rings. The van der Waals surface area contributed by atoms with E-state index in [1.807, 2.05) is 30.3 Å². The van der Waals surface area contributed by atoms with Crippen molar-refractivity contribution in [2.24, 2.45) is 5.92 Å². The van der Waals surface area contributed by atoms with Crippen molar-refractivity contribution >= 4 is 5.91 Å². The number of nitrogens with zero attached hydrogens (tertiary/aromatic N) is 1. The number of halogens is 1. The summed E-state index contributed by atoms with van der Waals surface area (Å²) in [5, 5.41) is 3.12. The van der Waals surface area contributed by atoms with Gasteiger partial charge in [-0.2, -0.15) is 0 Å². The van der Waals surface area contributed by atoms with Crippen molar-refractivity contribution in [3.63, 3.8) is 0 Å². The van der Waals surface area contributed by atoms with Crippen LogP contribution in [0.3, 0.4) is 0 Å². The van der Waals surface area contributed by atoms with E-state index in [0.717, 1.165) is 69.7 Å². The van der Waals surface area contributed by atoms with E-state index in [0.29, 0.717) is 6.54 Å². The minimum atomic E-state index is -0.214. The van der Waals surface area contributed by atoms with Crippen LogP contribution in [0, 0.1) is 11.7 Å². The molecule has 1 amide bonds. The molecule has 0 aromatic heterocycles. The summed E-state index contributed by atoms with van der Waals surface area (Å²) in [6.07, 6.45) is 4.72. The Labute approximate surface area is 179 Å². The molecule has 5 heteroatoms. The predicted octanol–water partition coefficient (Wildman–Crippen LogP) is 4.58. The third kappa shape index (κ3) is 6.84. The number of likely N-dealkylation sites (tertiary alicyclic amines) is 1. The Hall–Kier alpha value is -2.40. The Balaban J connectivity index is 1.41. The lowest BCUT2D eigenvalue weighted by Crippen LogP contribution is -2.42. The van der Waals surface area contributed by atoms with Crippen LogP contribution in [0.25, 0.3) is 0 Å². The van der Waals surface area contributed by atoms with Crippen LogP contribution in [0.2, 0.25) is 0 Å². The van der Waals surface area contributed by atoms with Crippen molar-refractivity contribution in [2.75, 3.05) is 26.2 Å². The average Bonchev–Trinajstić information content (AvgIpc) is 2.77. The van der Waals surface area contributed by atoms with E-state index in [4.69, 9.17) is 4.74 Å². The highest BCUT2D eigenvalue weighted by atomic mass is 19.1. The molecule has 1 aliphatic heterocycles. The molecule has 1 N–H and O–H groups in total. The second-order valence-electron chi connectivity index (χ2n) is 8.05. The van der Waals surface area contributed by atoms with Crippen molar-refractivity contribution in [3.05, 3.63) is 65.5 Å². The smallest absolute Gasteiger partial charge is 0.224 e. The van der Waals surface area contributed by atoms with Crippen LogP contribution in [-0.4, -0.2) is 37.0 Å². The fourth-order valence-electron chi connectivity index (χ4n) is 3.96. The molecule has 1 atom stereocenters. The van der Waals surface area contributed by atoms with E-state index < -0.39 is 0 Å². The molecule has 0 saturated carbocycles. The van der Waals surface area contributed by atoms with E-state index in [-0.39, 0.29) is 17.6 Å². The van der Waals surface area contributed by atoms with Gasteiger partial charge >= 0.3 is 0 Å². The molecule has 3 rings (SSSR count). The summed E-state index contributed by atoms with van der Waals surface area (Å²) in [6.45, 7) is 6.01. The minimum absolute atomic E-state index is 0.0272. The molecule has 1 unspecified atom stereocenters. The molecule has 0 aliphatic carbocycles. The zero-order valence-corrected chi connectivity index (χ0v) is 17.9. The van der Waals surface area contributed by atoms with Crippen LogP contribution in [0.15, 0.2) is 48.5 Å². The average molecular weight is 413 g/mol.